The van der Waals surface area contributed by atoms with E-state index in [2.05, 4.69) is 41.4 Å². The highest BCUT2D eigenvalue weighted by atomic mass is 32.2. The van der Waals surface area contributed by atoms with Gasteiger partial charge in [-0.25, -0.2) is 0 Å². The van der Waals surface area contributed by atoms with E-state index < -0.39 is 0 Å². The predicted octanol–water partition coefficient (Wildman–Crippen LogP) is 4.44. The summed E-state index contributed by atoms with van der Waals surface area (Å²) in [7, 11) is 0. The molecule has 0 saturated carbocycles. The molecule has 4 rings (SSSR count). The standard InChI is InChI=1S/C19H19N3O2S2/c1-13-3-2-4-14(9-13)11-26-12-18-20-21-19(25)22(18)15-5-6-16-17(10-15)24-8-7-23-16/h2-6,9-10H,7-8,11-12H2,1H3,(H,21,25). The molecule has 2 heterocycles. The molecule has 1 aromatic heterocycles. The first-order chi connectivity index (χ1) is 12.7. The summed E-state index contributed by atoms with van der Waals surface area (Å²) in [6, 6.07) is 14.4. The SMILES string of the molecule is Cc1cccc(CSCc2n[nH]c(=S)n2-c2ccc3c(c2)OCCO3)c1. The number of nitrogens with zero attached hydrogens (tertiary/aromatic N) is 2. The number of nitrogens with one attached hydrogen (secondary N) is 1. The Balaban J connectivity index is 1.53. The second kappa shape index (κ2) is 7.55. The Morgan fingerprint density at radius 1 is 1.12 bits per heavy atom. The van der Waals surface area contributed by atoms with Gasteiger partial charge in [-0.2, -0.15) is 5.10 Å². The van der Waals surface area contributed by atoms with E-state index in [1.165, 1.54) is 11.1 Å². The second-order valence-corrected chi connectivity index (χ2v) is 7.46. The van der Waals surface area contributed by atoms with Crippen molar-refractivity contribution >= 4 is 24.0 Å². The van der Waals surface area contributed by atoms with Gasteiger partial charge in [0.25, 0.3) is 0 Å². The molecule has 134 valence electrons. The van der Waals surface area contributed by atoms with Gasteiger partial charge in [0.2, 0.25) is 0 Å². The van der Waals surface area contributed by atoms with Crippen LogP contribution in [-0.4, -0.2) is 28.0 Å². The van der Waals surface area contributed by atoms with Crippen LogP contribution in [0.15, 0.2) is 42.5 Å². The minimum absolute atomic E-state index is 0.562. The summed E-state index contributed by atoms with van der Waals surface area (Å²) in [4.78, 5) is 0. The number of fused-ring (bicyclic) bond motifs is 1. The van der Waals surface area contributed by atoms with Crippen LogP contribution in [0.4, 0.5) is 0 Å². The molecule has 0 unspecified atom stereocenters. The lowest BCUT2D eigenvalue weighted by Crippen LogP contribution is -2.15. The fraction of sp³-hybridized carbons (Fsp3) is 0.263. The smallest absolute Gasteiger partial charge is 0.199 e. The average Bonchev–Trinajstić information content (AvgIpc) is 3.02. The summed E-state index contributed by atoms with van der Waals surface area (Å²) in [5, 5.41) is 7.31. The number of hydrogen-bond donors (Lipinski definition) is 1. The maximum atomic E-state index is 5.68. The molecule has 0 bridgehead atoms. The van der Waals surface area contributed by atoms with Crippen molar-refractivity contribution in [1.82, 2.24) is 14.8 Å². The summed E-state index contributed by atoms with van der Waals surface area (Å²) in [5.74, 6) is 4.10. The maximum Gasteiger partial charge on any atom is 0.199 e. The van der Waals surface area contributed by atoms with Crippen LogP contribution < -0.4 is 9.47 Å². The summed E-state index contributed by atoms with van der Waals surface area (Å²) in [6.07, 6.45) is 0. The first-order valence-electron chi connectivity index (χ1n) is 8.40. The number of ether oxygens (including phenoxy) is 2. The summed E-state index contributed by atoms with van der Waals surface area (Å²) in [5.41, 5.74) is 3.52. The second-order valence-electron chi connectivity index (χ2n) is 6.09. The molecule has 0 atom stereocenters. The molecule has 1 N–H and O–H groups in total. The Morgan fingerprint density at radius 3 is 2.81 bits per heavy atom. The van der Waals surface area contributed by atoms with Gasteiger partial charge in [-0.15, -0.1) is 11.8 Å². The lowest BCUT2D eigenvalue weighted by Gasteiger charge is -2.19. The number of thioether (sulfide) groups is 1. The van der Waals surface area contributed by atoms with E-state index in [1.54, 1.807) is 0 Å². The largest absolute Gasteiger partial charge is 0.486 e. The van der Waals surface area contributed by atoms with Crippen molar-refractivity contribution in [3.05, 3.63) is 64.2 Å². The molecule has 1 aliphatic heterocycles. The Kier molecular flexibility index (Phi) is 4.99. The van der Waals surface area contributed by atoms with E-state index in [-0.39, 0.29) is 0 Å². The van der Waals surface area contributed by atoms with Gasteiger partial charge in [0.05, 0.1) is 11.4 Å². The quantitative estimate of drug-likeness (QED) is 0.658. The van der Waals surface area contributed by atoms with Gasteiger partial charge in [-0.05, 0) is 36.8 Å². The van der Waals surface area contributed by atoms with E-state index in [4.69, 9.17) is 21.7 Å². The molecule has 0 amide bonds. The average molecular weight is 386 g/mol. The molecule has 0 spiro atoms. The normalized spacial score (nSPS) is 13.0. The lowest BCUT2D eigenvalue weighted by molar-refractivity contribution is 0.171. The number of H-pyrrole nitrogens is 1. The van der Waals surface area contributed by atoms with Crippen LogP contribution in [0, 0.1) is 11.7 Å². The topological polar surface area (TPSA) is 52.1 Å². The lowest BCUT2D eigenvalue weighted by atomic mass is 10.2. The van der Waals surface area contributed by atoms with Crippen molar-refractivity contribution in [1.29, 1.82) is 0 Å². The van der Waals surface area contributed by atoms with Gasteiger partial charge in [-0.3, -0.25) is 9.67 Å². The van der Waals surface area contributed by atoms with E-state index in [0.717, 1.165) is 34.5 Å². The van der Waals surface area contributed by atoms with Crippen LogP contribution in [0.5, 0.6) is 11.5 Å². The van der Waals surface area contributed by atoms with Crippen molar-refractivity contribution < 1.29 is 9.47 Å². The Bertz CT molecular complexity index is 981. The molecule has 0 saturated heterocycles. The zero-order valence-corrected chi connectivity index (χ0v) is 16.0. The molecule has 7 heteroatoms. The highest BCUT2D eigenvalue weighted by molar-refractivity contribution is 7.97. The zero-order chi connectivity index (χ0) is 17.9. The fourth-order valence-corrected chi connectivity index (χ4v) is 4.08. The van der Waals surface area contributed by atoms with E-state index in [0.29, 0.717) is 18.0 Å². The van der Waals surface area contributed by atoms with Crippen LogP contribution in [0.2, 0.25) is 0 Å². The van der Waals surface area contributed by atoms with Crippen molar-refractivity contribution in [3.8, 4) is 17.2 Å². The molecular formula is C19H19N3O2S2. The summed E-state index contributed by atoms with van der Waals surface area (Å²) >= 11 is 7.25. The summed E-state index contributed by atoms with van der Waals surface area (Å²) in [6.45, 7) is 3.26. The number of benzene rings is 2. The Labute approximate surface area is 161 Å². The third kappa shape index (κ3) is 3.64. The highest BCUT2D eigenvalue weighted by Crippen LogP contribution is 2.32. The molecule has 0 aliphatic carbocycles. The zero-order valence-electron chi connectivity index (χ0n) is 14.4. The first-order valence-corrected chi connectivity index (χ1v) is 9.96. The third-order valence-corrected chi connectivity index (χ3v) is 5.38. The van der Waals surface area contributed by atoms with E-state index in [9.17, 15) is 0 Å². The number of aromatic nitrogens is 3. The van der Waals surface area contributed by atoms with Gasteiger partial charge in [0.1, 0.15) is 19.0 Å². The molecule has 2 aromatic carbocycles. The first kappa shape index (κ1) is 17.2. The van der Waals surface area contributed by atoms with Crippen molar-refractivity contribution in [2.75, 3.05) is 13.2 Å². The number of aryl methyl sites for hydroxylation is 1. The molecule has 0 fully saturated rings. The number of hydrogen-bond acceptors (Lipinski definition) is 5. The monoisotopic (exact) mass is 385 g/mol. The van der Waals surface area contributed by atoms with Gasteiger partial charge >= 0.3 is 0 Å². The Hall–Kier alpha value is -2.25. The maximum absolute atomic E-state index is 5.68. The molecule has 0 radical (unpaired) electrons. The van der Waals surface area contributed by atoms with Crippen LogP contribution in [0.3, 0.4) is 0 Å². The minimum Gasteiger partial charge on any atom is -0.486 e. The number of rotatable bonds is 5. The predicted molar refractivity (Wildman–Crippen MR) is 106 cm³/mol. The van der Waals surface area contributed by atoms with Crippen LogP contribution in [0.1, 0.15) is 17.0 Å². The molecular weight excluding hydrogens is 366 g/mol. The molecule has 26 heavy (non-hydrogen) atoms. The third-order valence-electron chi connectivity index (χ3n) is 4.11. The van der Waals surface area contributed by atoms with E-state index in [1.807, 2.05) is 34.5 Å². The van der Waals surface area contributed by atoms with Crippen LogP contribution in [0.25, 0.3) is 5.69 Å². The van der Waals surface area contributed by atoms with Crippen molar-refractivity contribution in [3.63, 3.8) is 0 Å². The molecule has 3 aromatic rings. The number of aromatic amines is 1. The molecule has 1 aliphatic rings. The minimum atomic E-state index is 0.562. The summed E-state index contributed by atoms with van der Waals surface area (Å²) < 4.78 is 13.8. The van der Waals surface area contributed by atoms with Gasteiger partial charge in [0.15, 0.2) is 16.3 Å². The van der Waals surface area contributed by atoms with Crippen LogP contribution in [-0.2, 0) is 11.5 Å². The van der Waals surface area contributed by atoms with Crippen molar-refractivity contribution in [2.45, 2.75) is 18.4 Å². The van der Waals surface area contributed by atoms with Crippen LogP contribution >= 0.6 is 24.0 Å². The highest BCUT2D eigenvalue weighted by Gasteiger charge is 2.15. The van der Waals surface area contributed by atoms with E-state index >= 15 is 0 Å². The van der Waals surface area contributed by atoms with Gasteiger partial charge in [-0.1, -0.05) is 29.8 Å². The van der Waals surface area contributed by atoms with Crippen molar-refractivity contribution in [2.24, 2.45) is 0 Å². The van der Waals surface area contributed by atoms with Gasteiger partial charge < -0.3 is 9.47 Å². The molecule has 5 nitrogen and oxygen atoms in total. The van der Waals surface area contributed by atoms with Gasteiger partial charge in [0, 0.05) is 11.8 Å². The fourth-order valence-electron chi connectivity index (χ4n) is 2.93. The Morgan fingerprint density at radius 2 is 1.96 bits per heavy atom.